The van der Waals surface area contributed by atoms with Gasteiger partial charge in [0.05, 0.1) is 0 Å². The van der Waals surface area contributed by atoms with Gasteiger partial charge in [0.2, 0.25) is 0 Å². The van der Waals surface area contributed by atoms with Gasteiger partial charge in [-0.1, -0.05) is 13.3 Å². The van der Waals surface area contributed by atoms with Gasteiger partial charge in [-0.3, -0.25) is 13.3 Å². The first-order valence-corrected chi connectivity index (χ1v) is 10.4. The Morgan fingerprint density at radius 3 is 1.06 bits per heavy atom. The number of halogens is 17. The molecule has 3 nitrogen and oxygen atoms in total. The molecule has 0 unspecified atom stereocenters. The first kappa shape index (κ1) is 32.9. The SMILES string of the molecule is CCCCC(F)(F)C(F)(F)C(F)(F)C(F)(F)CC[Si](OC(F)(F)F)(OC(F)(F)F)OC(F)(F)F. The molecule has 0 rings (SSSR count). The second kappa shape index (κ2) is 10.1. The van der Waals surface area contributed by atoms with Crippen LogP contribution in [0, 0.1) is 0 Å². The highest BCUT2D eigenvalue weighted by Gasteiger charge is 2.80. The van der Waals surface area contributed by atoms with Crippen LogP contribution < -0.4 is 0 Å². The zero-order valence-corrected chi connectivity index (χ0v) is 17.2. The van der Waals surface area contributed by atoms with Gasteiger partial charge in [0, 0.05) is 18.9 Å². The third kappa shape index (κ3) is 8.84. The molecule has 0 saturated carbocycles. The van der Waals surface area contributed by atoms with Crippen molar-refractivity contribution in [3.63, 3.8) is 0 Å². The zero-order chi connectivity index (χ0) is 27.7. The van der Waals surface area contributed by atoms with E-state index in [9.17, 15) is 74.6 Å². The molecule has 0 spiro atoms. The second-order valence-electron chi connectivity index (χ2n) is 6.49. The van der Waals surface area contributed by atoms with Crippen molar-refractivity contribution in [1.29, 1.82) is 0 Å². The lowest BCUT2D eigenvalue weighted by Gasteiger charge is -2.38. The van der Waals surface area contributed by atoms with E-state index in [1.54, 1.807) is 0 Å². The fourth-order valence-electron chi connectivity index (χ4n) is 2.23. The summed E-state index contributed by atoms with van der Waals surface area (Å²) < 4.78 is 228. The summed E-state index contributed by atoms with van der Waals surface area (Å²) in [7, 11) is -7.64. The van der Waals surface area contributed by atoms with Gasteiger partial charge in [-0.2, -0.15) is 35.1 Å². The van der Waals surface area contributed by atoms with Gasteiger partial charge < -0.3 is 0 Å². The molecule has 0 fully saturated rings. The van der Waals surface area contributed by atoms with E-state index in [0.717, 1.165) is 6.92 Å². The smallest absolute Gasteiger partial charge is 0.284 e. The van der Waals surface area contributed by atoms with E-state index in [4.69, 9.17) is 0 Å². The van der Waals surface area contributed by atoms with Gasteiger partial charge in [-0.25, -0.2) is 0 Å². The van der Waals surface area contributed by atoms with Crippen molar-refractivity contribution in [2.24, 2.45) is 0 Å². The normalized spacial score (nSPS) is 15.7. The molecular weight excluding hydrogens is 555 g/mol. The molecule has 0 aliphatic heterocycles. The van der Waals surface area contributed by atoms with Gasteiger partial charge >= 0.3 is 51.6 Å². The first-order chi connectivity index (χ1) is 14.6. The van der Waals surface area contributed by atoms with Crippen LogP contribution in [0.15, 0.2) is 0 Å². The first-order valence-electron chi connectivity index (χ1n) is 8.46. The van der Waals surface area contributed by atoms with E-state index in [1.807, 2.05) is 0 Å². The van der Waals surface area contributed by atoms with Crippen LogP contribution >= 0.6 is 0 Å². The predicted octanol–water partition coefficient (Wildman–Crippen LogP) is 7.66. The molecule has 0 aliphatic rings. The number of unbranched alkanes of at least 4 members (excludes halogenated alkanes) is 1. The van der Waals surface area contributed by atoms with Crippen molar-refractivity contribution in [3.05, 3.63) is 0 Å². The second-order valence-corrected chi connectivity index (χ2v) is 8.97. The highest BCUT2D eigenvalue weighted by atomic mass is 28.4. The monoisotopic (exact) mass is 568 g/mol. The number of rotatable bonds is 12. The van der Waals surface area contributed by atoms with Crippen LogP contribution in [0.3, 0.4) is 0 Å². The van der Waals surface area contributed by atoms with Crippen LogP contribution in [-0.4, -0.2) is 51.6 Å². The molecule has 0 amide bonds. The minimum Gasteiger partial charge on any atom is -0.284 e. The van der Waals surface area contributed by atoms with Crippen LogP contribution in [0.25, 0.3) is 0 Å². The fourth-order valence-corrected chi connectivity index (χ4v) is 4.34. The lowest BCUT2D eigenvalue weighted by Crippen LogP contribution is -2.63. The summed E-state index contributed by atoms with van der Waals surface area (Å²) in [6.07, 6.45) is -26.4. The van der Waals surface area contributed by atoms with Crippen molar-refractivity contribution in [3.8, 4) is 0 Å². The maximum Gasteiger partial charge on any atom is 0.520 e. The lowest BCUT2D eigenvalue weighted by atomic mass is 9.94. The van der Waals surface area contributed by atoms with Gasteiger partial charge in [-0.05, 0) is 6.42 Å². The van der Waals surface area contributed by atoms with E-state index >= 15 is 0 Å². The van der Waals surface area contributed by atoms with E-state index in [1.165, 1.54) is 0 Å². The van der Waals surface area contributed by atoms with Crippen molar-refractivity contribution in [1.82, 2.24) is 0 Å². The minimum absolute atomic E-state index is 0.319. The molecule has 0 aromatic heterocycles. The highest BCUT2D eigenvalue weighted by Crippen LogP contribution is 2.56. The summed E-state index contributed by atoms with van der Waals surface area (Å²) in [5.41, 5.74) is 0. The molecule has 21 heteroatoms. The van der Waals surface area contributed by atoms with E-state index in [-0.39, 0.29) is 6.42 Å². The molecule has 0 saturated heterocycles. The highest BCUT2D eigenvalue weighted by molar-refractivity contribution is 6.60. The van der Waals surface area contributed by atoms with E-state index in [2.05, 4.69) is 13.3 Å². The molecule has 206 valence electrons. The molecule has 0 radical (unpaired) electrons. The van der Waals surface area contributed by atoms with Crippen molar-refractivity contribution < 1.29 is 87.9 Å². The maximum absolute atomic E-state index is 13.8. The quantitative estimate of drug-likeness (QED) is 0.179. The molecule has 34 heavy (non-hydrogen) atoms. The third-order valence-electron chi connectivity index (χ3n) is 3.72. The number of hydrogen-bond donors (Lipinski definition) is 0. The number of hydrogen-bond acceptors (Lipinski definition) is 3. The summed E-state index contributed by atoms with van der Waals surface area (Å²) >= 11 is 0. The van der Waals surface area contributed by atoms with Crippen molar-refractivity contribution >= 4 is 8.80 Å². The molecular formula is C13H13F17O3Si. The molecule has 0 atom stereocenters. The fraction of sp³-hybridized carbons (Fsp3) is 1.00. The third-order valence-corrected chi connectivity index (χ3v) is 6.21. The Labute approximate surface area is 179 Å². The Bertz CT molecular complexity index is 614. The molecule has 0 aliphatic carbocycles. The van der Waals surface area contributed by atoms with Crippen LogP contribution in [-0.2, 0) is 13.3 Å². The Kier molecular flexibility index (Phi) is 9.78. The average Bonchev–Trinajstić information content (AvgIpc) is 2.53. The molecule has 0 bridgehead atoms. The molecule has 0 aromatic rings. The Hall–Kier alpha value is -1.09. The van der Waals surface area contributed by atoms with Gasteiger partial charge in [-0.15, -0.1) is 39.5 Å². The van der Waals surface area contributed by atoms with Crippen molar-refractivity contribution in [2.75, 3.05) is 0 Å². The molecule has 0 N–H and O–H groups in total. The minimum atomic E-state index is -7.64. The Morgan fingerprint density at radius 2 is 0.794 bits per heavy atom. The maximum atomic E-state index is 13.8. The van der Waals surface area contributed by atoms with Crippen LogP contribution in [0.1, 0.15) is 32.6 Å². The van der Waals surface area contributed by atoms with Crippen molar-refractivity contribution in [2.45, 2.75) is 81.4 Å². The van der Waals surface area contributed by atoms with E-state index in [0.29, 0.717) is 0 Å². The Balaban J connectivity index is 6.29. The average molecular weight is 568 g/mol. The largest absolute Gasteiger partial charge is 0.520 e. The molecule has 0 aromatic carbocycles. The van der Waals surface area contributed by atoms with Gasteiger partial charge in [0.15, 0.2) is 0 Å². The van der Waals surface area contributed by atoms with Gasteiger partial charge in [0.1, 0.15) is 0 Å². The lowest BCUT2D eigenvalue weighted by molar-refractivity contribution is -0.373. The summed E-state index contributed by atoms with van der Waals surface area (Å²) in [6, 6.07) is -3.16. The van der Waals surface area contributed by atoms with Gasteiger partial charge in [0.25, 0.3) is 0 Å². The Morgan fingerprint density at radius 1 is 0.500 bits per heavy atom. The predicted molar refractivity (Wildman–Crippen MR) is 75.9 cm³/mol. The van der Waals surface area contributed by atoms with Crippen LogP contribution in [0.2, 0.25) is 6.04 Å². The number of alkyl halides is 17. The summed E-state index contributed by atoms with van der Waals surface area (Å²) in [6.45, 7) is 1.10. The summed E-state index contributed by atoms with van der Waals surface area (Å²) in [4.78, 5) is 0. The zero-order valence-electron chi connectivity index (χ0n) is 16.2. The van der Waals surface area contributed by atoms with E-state index < -0.39 is 76.9 Å². The topological polar surface area (TPSA) is 27.7 Å². The standard InChI is InChI=1S/C13H13F17O3Si/c1-2-3-4-7(14,15)9(18,19)10(20,21)8(16,17)5-6-34(31-11(22,23)24,32-12(25,26)27)33-13(28,29)30/h2-6H2,1H3. The van der Waals surface area contributed by atoms with Crippen LogP contribution in [0.4, 0.5) is 74.6 Å². The summed E-state index contributed by atoms with van der Waals surface area (Å²) in [5.74, 6) is -26.6. The summed E-state index contributed by atoms with van der Waals surface area (Å²) in [5, 5.41) is 0. The van der Waals surface area contributed by atoms with Crippen LogP contribution in [0.5, 0.6) is 0 Å². The molecule has 0 heterocycles.